The summed E-state index contributed by atoms with van der Waals surface area (Å²) in [6.07, 6.45) is 1.04. The van der Waals surface area contributed by atoms with Crippen LogP contribution in [0.1, 0.15) is 31.6 Å². The van der Waals surface area contributed by atoms with Crippen LogP contribution in [-0.4, -0.2) is 52.6 Å². The van der Waals surface area contributed by atoms with E-state index in [1.165, 1.54) is 4.90 Å². The van der Waals surface area contributed by atoms with Crippen LogP contribution in [0.15, 0.2) is 53.1 Å². The highest BCUT2D eigenvalue weighted by Gasteiger charge is 2.35. The first-order valence-electron chi connectivity index (χ1n) is 10.9. The molecule has 0 N–H and O–H groups in total. The number of piperidine rings is 1. The van der Waals surface area contributed by atoms with Crippen molar-refractivity contribution in [1.29, 1.82) is 0 Å². The van der Waals surface area contributed by atoms with Gasteiger partial charge in [0.25, 0.3) is 5.91 Å². The van der Waals surface area contributed by atoms with E-state index in [0.29, 0.717) is 41.3 Å². The standard InChI is InChI=1S/C24H23ClN4O4/c1-15-24(31)29(19-6-2-3-7-20(19)32-15)14-21(30)28-12-4-5-17(13-28)23-26-22(27-33-23)16-8-10-18(25)11-9-16/h2-3,6-11,15,17H,4-5,12-14H2,1H3. The molecule has 2 aliphatic rings. The van der Waals surface area contributed by atoms with Crippen molar-refractivity contribution in [3.8, 4) is 17.1 Å². The normalized spacial score (nSPS) is 20.4. The first-order valence-corrected chi connectivity index (χ1v) is 11.3. The first-order chi connectivity index (χ1) is 16.0. The summed E-state index contributed by atoms with van der Waals surface area (Å²) in [4.78, 5) is 33.8. The summed E-state index contributed by atoms with van der Waals surface area (Å²) in [5.41, 5.74) is 1.43. The number of rotatable bonds is 4. The second-order valence-electron chi connectivity index (χ2n) is 8.29. The van der Waals surface area contributed by atoms with Crippen molar-refractivity contribution in [1.82, 2.24) is 15.0 Å². The van der Waals surface area contributed by atoms with E-state index in [-0.39, 0.29) is 24.3 Å². The molecule has 0 bridgehead atoms. The summed E-state index contributed by atoms with van der Waals surface area (Å²) in [5, 5.41) is 4.74. The van der Waals surface area contributed by atoms with Gasteiger partial charge in [0.1, 0.15) is 12.3 Å². The molecule has 8 nitrogen and oxygen atoms in total. The van der Waals surface area contributed by atoms with Crippen LogP contribution in [0, 0.1) is 0 Å². The molecular weight excluding hydrogens is 444 g/mol. The van der Waals surface area contributed by atoms with E-state index >= 15 is 0 Å². The molecule has 2 amide bonds. The summed E-state index contributed by atoms with van der Waals surface area (Å²) < 4.78 is 11.2. The van der Waals surface area contributed by atoms with Gasteiger partial charge in [0.05, 0.1) is 11.6 Å². The van der Waals surface area contributed by atoms with Crippen LogP contribution in [0.25, 0.3) is 11.4 Å². The Kier molecular flexibility index (Phi) is 5.76. The van der Waals surface area contributed by atoms with Crippen LogP contribution in [0.3, 0.4) is 0 Å². The zero-order chi connectivity index (χ0) is 22.9. The summed E-state index contributed by atoms with van der Waals surface area (Å²) in [5.74, 6) is 1.22. The smallest absolute Gasteiger partial charge is 0.268 e. The molecule has 2 aliphatic heterocycles. The Balaban J connectivity index is 1.29. The molecule has 3 heterocycles. The lowest BCUT2D eigenvalue weighted by molar-refractivity contribution is -0.134. The van der Waals surface area contributed by atoms with Gasteiger partial charge < -0.3 is 14.2 Å². The third-order valence-corrected chi connectivity index (χ3v) is 6.29. The van der Waals surface area contributed by atoms with E-state index in [9.17, 15) is 9.59 Å². The number of ether oxygens (including phenoxy) is 1. The first kappa shape index (κ1) is 21.5. The molecule has 0 aliphatic carbocycles. The average Bonchev–Trinajstić information content (AvgIpc) is 3.33. The van der Waals surface area contributed by atoms with Gasteiger partial charge in [-0.1, -0.05) is 28.9 Å². The van der Waals surface area contributed by atoms with Crippen LogP contribution < -0.4 is 9.64 Å². The molecule has 2 atom stereocenters. The lowest BCUT2D eigenvalue weighted by Crippen LogP contribution is -2.51. The molecule has 0 spiro atoms. The van der Waals surface area contributed by atoms with Crippen LogP contribution in [-0.2, 0) is 9.59 Å². The number of halogens is 1. The van der Waals surface area contributed by atoms with Gasteiger partial charge >= 0.3 is 0 Å². The molecule has 170 valence electrons. The number of aromatic nitrogens is 2. The fraction of sp³-hybridized carbons (Fsp3) is 0.333. The van der Waals surface area contributed by atoms with Crippen molar-refractivity contribution in [2.75, 3.05) is 24.5 Å². The Morgan fingerprint density at radius 1 is 1.18 bits per heavy atom. The van der Waals surface area contributed by atoms with E-state index in [2.05, 4.69) is 10.1 Å². The highest BCUT2D eigenvalue weighted by molar-refractivity contribution is 6.30. The van der Waals surface area contributed by atoms with Gasteiger partial charge in [0.2, 0.25) is 17.6 Å². The average molecular weight is 467 g/mol. The number of benzene rings is 2. The van der Waals surface area contributed by atoms with E-state index in [0.717, 1.165) is 18.4 Å². The number of amides is 2. The van der Waals surface area contributed by atoms with Gasteiger partial charge in [-0.15, -0.1) is 0 Å². The fourth-order valence-corrected chi connectivity index (χ4v) is 4.41. The van der Waals surface area contributed by atoms with E-state index < -0.39 is 6.10 Å². The van der Waals surface area contributed by atoms with Crippen molar-refractivity contribution in [3.05, 3.63) is 59.4 Å². The van der Waals surface area contributed by atoms with Crippen molar-refractivity contribution >= 4 is 29.1 Å². The number of para-hydroxylation sites is 2. The molecule has 0 saturated carbocycles. The van der Waals surface area contributed by atoms with Crippen LogP contribution >= 0.6 is 11.6 Å². The second kappa shape index (κ2) is 8.86. The molecule has 3 aromatic rings. The molecule has 1 saturated heterocycles. The molecule has 2 aromatic carbocycles. The van der Waals surface area contributed by atoms with Gasteiger partial charge in [-0.3, -0.25) is 14.5 Å². The van der Waals surface area contributed by atoms with Gasteiger partial charge in [-0.05, 0) is 56.2 Å². The van der Waals surface area contributed by atoms with Crippen LogP contribution in [0.4, 0.5) is 5.69 Å². The number of fused-ring (bicyclic) bond motifs is 1. The lowest BCUT2D eigenvalue weighted by atomic mass is 9.98. The predicted molar refractivity (Wildman–Crippen MR) is 122 cm³/mol. The predicted octanol–water partition coefficient (Wildman–Crippen LogP) is 3.91. The van der Waals surface area contributed by atoms with Crippen molar-refractivity contribution in [2.45, 2.75) is 31.8 Å². The van der Waals surface area contributed by atoms with Gasteiger partial charge in [-0.2, -0.15) is 4.98 Å². The Labute approximate surface area is 196 Å². The number of likely N-dealkylation sites (tertiary alicyclic amines) is 1. The van der Waals surface area contributed by atoms with Gasteiger partial charge in [0.15, 0.2) is 6.10 Å². The Morgan fingerprint density at radius 3 is 2.79 bits per heavy atom. The molecular formula is C24H23ClN4O4. The highest BCUT2D eigenvalue weighted by atomic mass is 35.5. The largest absolute Gasteiger partial charge is 0.479 e. The molecule has 1 aromatic heterocycles. The Morgan fingerprint density at radius 2 is 1.97 bits per heavy atom. The molecule has 0 radical (unpaired) electrons. The lowest BCUT2D eigenvalue weighted by Gasteiger charge is -2.36. The number of hydrogen-bond donors (Lipinski definition) is 0. The minimum atomic E-state index is -0.633. The van der Waals surface area contributed by atoms with Gasteiger partial charge in [0, 0.05) is 23.7 Å². The number of anilines is 1. The molecule has 1 fully saturated rings. The zero-order valence-electron chi connectivity index (χ0n) is 18.1. The number of hydrogen-bond acceptors (Lipinski definition) is 6. The minimum absolute atomic E-state index is 0.0316. The molecule has 5 rings (SSSR count). The summed E-state index contributed by atoms with van der Waals surface area (Å²) >= 11 is 5.95. The Hall–Kier alpha value is -3.39. The SMILES string of the molecule is CC1Oc2ccccc2N(CC(=O)N2CCCC(c3nc(-c4ccc(Cl)cc4)no3)C2)C1=O. The zero-order valence-corrected chi connectivity index (χ0v) is 18.9. The molecule has 33 heavy (non-hydrogen) atoms. The van der Waals surface area contributed by atoms with Crippen LogP contribution in [0.5, 0.6) is 5.75 Å². The third kappa shape index (κ3) is 4.30. The van der Waals surface area contributed by atoms with E-state index in [4.69, 9.17) is 20.9 Å². The number of carbonyl (C=O) groups is 2. The summed E-state index contributed by atoms with van der Waals surface area (Å²) in [6.45, 7) is 2.76. The van der Waals surface area contributed by atoms with Crippen LogP contribution in [0.2, 0.25) is 5.02 Å². The third-order valence-electron chi connectivity index (χ3n) is 6.03. The highest BCUT2D eigenvalue weighted by Crippen LogP contribution is 2.34. The maximum Gasteiger partial charge on any atom is 0.268 e. The summed E-state index contributed by atoms with van der Waals surface area (Å²) in [7, 11) is 0. The number of nitrogens with zero attached hydrogens (tertiary/aromatic N) is 4. The number of carbonyl (C=O) groups excluding carboxylic acids is 2. The Bertz CT molecular complexity index is 1180. The fourth-order valence-electron chi connectivity index (χ4n) is 4.28. The summed E-state index contributed by atoms with van der Waals surface area (Å²) in [6, 6.07) is 14.5. The van der Waals surface area contributed by atoms with Gasteiger partial charge in [-0.25, -0.2) is 0 Å². The molecule has 9 heteroatoms. The molecule has 2 unspecified atom stereocenters. The maximum atomic E-state index is 13.2. The van der Waals surface area contributed by atoms with E-state index in [1.54, 1.807) is 36.1 Å². The maximum absolute atomic E-state index is 13.2. The monoisotopic (exact) mass is 466 g/mol. The van der Waals surface area contributed by atoms with Crippen molar-refractivity contribution < 1.29 is 18.8 Å². The second-order valence-corrected chi connectivity index (χ2v) is 8.73. The quantitative estimate of drug-likeness (QED) is 0.579. The topological polar surface area (TPSA) is 88.8 Å². The van der Waals surface area contributed by atoms with Crippen molar-refractivity contribution in [2.24, 2.45) is 0 Å². The minimum Gasteiger partial charge on any atom is -0.479 e. The van der Waals surface area contributed by atoms with Crippen molar-refractivity contribution in [3.63, 3.8) is 0 Å². The van der Waals surface area contributed by atoms with E-state index in [1.807, 2.05) is 24.3 Å².